The first-order valence-electron chi connectivity index (χ1n) is 5.85. The van der Waals surface area contributed by atoms with E-state index in [1.54, 1.807) is 0 Å². The Balaban J connectivity index is 3.16. The molecule has 0 saturated heterocycles. The Labute approximate surface area is 108 Å². The van der Waals surface area contributed by atoms with Crippen molar-refractivity contribution >= 4 is 5.97 Å². The number of hydrogen-bond donors (Lipinski definition) is 0. The molecule has 106 valence electrons. The number of methoxy groups -OCH3 is 1. The summed E-state index contributed by atoms with van der Waals surface area (Å²) in [5.74, 6) is -0.594. The minimum absolute atomic E-state index is 0.0194. The van der Waals surface area contributed by atoms with E-state index in [1.165, 1.54) is 7.11 Å². The first-order chi connectivity index (χ1) is 8.72. The van der Waals surface area contributed by atoms with Gasteiger partial charge in [0.05, 0.1) is 40.1 Å². The van der Waals surface area contributed by atoms with E-state index in [0.29, 0.717) is 39.6 Å². The molecule has 0 spiro atoms. The number of hydrogen-bond acceptors (Lipinski definition) is 6. The van der Waals surface area contributed by atoms with Crippen LogP contribution < -0.4 is 0 Å². The summed E-state index contributed by atoms with van der Waals surface area (Å²) in [5, 5.41) is 0. The summed E-state index contributed by atoms with van der Waals surface area (Å²) >= 11 is 0. The maximum Gasteiger partial charge on any atom is 0.372 e. The largest absolute Gasteiger partial charge is 0.485 e. The van der Waals surface area contributed by atoms with Gasteiger partial charge in [-0.25, -0.2) is 4.79 Å². The highest BCUT2D eigenvalue weighted by Crippen LogP contribution is 1.95. The summed E-state index contributed by atoms with van der Waals surface area (Å²) in [5.41, 5.74) is 0. The van der Waals surface area contributed by atoms with E-state index >= 15 is 0 Å². The third kappa shape index (κ3) is 10.1. The Kier molecular flexibility index (Phi) is 11.6. The van der Waals surface area contributed by atoms with Crippen LogP contribution in [0.3, 0.4) is 0 Å². The van der Waals surface area contributed by atoms with Crippen LogP contribution in [0.1, 0.15) is 6.92 Å². The fourth-order valence-electron chi connectivity index (χ4n) is 0.981. The van der Waals surface area contributed by atoms with Crippen LogP contribution in [0, 0.1) is 0 Å². The van der Waals surface area contributed by atoms with Gasteiger partial charge in [0.1, 0.15) is 6.61 Å². The molecule has 0 atom stereocenters. The molecule has 0 unspecified atom stereocenters. The molecule has 0 rings (SSSR count). The lowest BCUT2D eigenvalue weighted by Crippen LogP contribution is -2.13. The Hall–Kier alpha value is -1.11. The summed E-state index contributed by atoms with van der Waals surface area (Å²) in [6, 6.07) is 0. The normalized spacial score (nSPS) is 10.1. The maximum absolute atomic E-state index is 10.9. The minimum atomic E-state index is -0.575. The first-order valence-corrected chi connectivity index (χ1v) is 5.85. The summed E-state index contributed by atoms with van der Waals surface area (Å²) < 4.78 is 25.0. The monoisotopic (exact) mass is 262 g/mol. The zero-order valence-corrected chi connectivity index (χ0v) is 11.1. The highest BCUT2D eigenvalue weighted by atomic mass is 16.6. The van der Waals surface area contributed by atoms with Crippen LogP contribution in [0.2, 0.25) is 0 Å². The molecule has 0 heterocycles. The van der Waals surface area contributed by atoms with Crippen molar-refractivity contribution in [2.75, 3.05) is 53.4 Å². The third-order valence-corrected chi connectivity index (χ3v) is 1.87. The lowest BCUT2D eigenvalue weighted by Gasteiger charge is -2.08. The smallest absolute Gasteiger partial charge is 0.372 e. The predicted octanol–water partition coefficient (Wildman–Crippen LogP) is 0.759. The molecule has 18 heavy (non-hydrogen) atoms. The summed E-state index contributed by atoms with van der Waals surface area (Å²) in [6.07, 6.45) is 0. The molecular weight excluding hydrogens is 240 g/mol. The molecule has 0 amide bonds. The van der Waals surface area contributed by atoms with Crippen molar-refractivity contribution in [2.24, 2.45) is 0 Å². The second-order valence-corrected chi connectivity index (χ2v) is 3.18. The lowest BCUT2D eigenvalue weighted by atomic mass is 10.5. The van der Waals surface area contributed by atoms with Crippen LogP contribution >= 0.6 is 0 Å². The molecular formula is C12H22O6. The number of esters is 1. The van der Waals surface area contributed by atoms with E-state index in [1.807, 2.05) is 6.92 Å². The van der Waals surface area contributed by atoms with Crippen molar-refractivity contribution in [1.82, 2.24) is 0 Å². The fourth-order valence-corrected chi connectivity index (χ4v) is 0.981. The van der Waals surface area contributed by atoms with Crippen LogP contribution in [0.4, 0.5) is 0 Å². The molecule has 0 radical (unpaired) electrons. The van der Waals surface area contributed by atoms with Crippen molar-refractivity contribution in [3.8, 4) is 0 Å². The van der Waals surface area contributed by atoms with Crippen LogP contribution in [0.5, 0.6) is 0 Å². The van der Waals surface area contributed by atoms with E-state index in [4.69, 9.17) is 18.9 Å². The zero-order chi connectivity index (χ0) is 13.6. The number of carbonyl (C=O) groups excluding carboxylic acids is 1. The van der Waals surface area contributed by atoms with Crippen molar-refractivity contribution in [2.45, 2.75) is 6.92 Å². The Bertz CT molecular complexity index is 229. The van der Waals surface area contributed by atoms with Gasteiger partial charge in [-0.05, 0) is 13.5 Å². The van der Waals surface area contributed by atoms with Crippen LogP contribution in [-0.2, 0) is 28.5 Å². The summed E-state index contributed by atoms with van der Waals surface area (Å²) in [6.45, 7) is 8.80. The SMILES string of the molecule is C=C(OCCOCCOCCOCC)C(=O)OC. The molecule has 0 fully saturated rings. The van der Waals surface area contributed by atoms with E-state index in [9.17, 15) is 4.79 Å². The molecule has 0 aromatic carbocycles. The van der Waals surface area contributed by atoms with Gasteiger partial charge < -0.3 is 23.7 Å². The van der Waals surface area contributed by atoms with E-state index in [0.717, 1.165) is 0 Å². The van der Waals surface area contributed by atoms with Gasteiger partial charge in [-0.15, -0.1) is 0 Å². The lowest BCUT2D eigenvalue weighted by molar-refractivity contribution is -0.140. The number of ether oxygens (including phenoxy) is 5. The topological polar surface area (TPSA) is 63.2 Å². The summed E-state index contributed by atoms with van der Waals surface area (Å²) in [4.78, 5) is 10.9. The molecule has 6 heteroatoms. The van der Waals surface area contributed by atoms with Crippen molar-refractivity contribution in [3.63, 3.8) is 0 Å². The average molecular weight is 262 g/mol. The predicted molar refractivity (Wildman–Crippen MR) is 65.2 cm³/mol. The Morgan fingerprint density at radius 2 is 1.44 bits per heavy atom. The molecule has 0 saturated carbocycles. The van der Waals surface area contributed by atoms with Gasteiger partial charge in [0.25, 0.3) is 0 Å². The van der Waals surface area contributed by atoms with Crippen molar-refractivity contribution in [3.05, 3.63) is 12.3 Å². The fraction of sp³-hybridized carbons (Fsp3) is 0.750. The van der Waals surface area contributed by atoms with Crippen molar-refractivity contribution in [1.29, 1.82) is 0 Å². The highest BCUT2D eigenvalue weighted by molar-refractivity contribution is 5.85. The Morgan fingerprint density at radius 3 is 1.94 bits per heavy atom. The van der Waals surface area contributed by atoms with E-state index in [2.05, 4.69) is 11.3 Å². The van der Waals surface area contributed by atoms with Crippen molar-refractivity contribution < 1.29 is 28.5 Å². The van der Waals surface area contributed by atoms with E-state index in [-0.39, 0.29) is 12.4 Å². The van der Waals surface area contributed by atoms with Gasteiger partial charge in [0.2, 0.25) is 0 Å². The Morgan fingerprint density at radius 1 is 0.944 bits per heavy atom. The van der Waals surface area contributed by atoms with Crippen LogP contribution in [-0.4, -0.2) is 59.3 Å². The molecule has 0 aromatic rings. The standard InChI is InChI=1S/C12H22O6/c1-4-15-5-6-16-7-8-17-9-10-18-11(2)12(13)14-3/h2,4-10H2,1,3H3. The molecule has 0 N–H and O–H groups in total. The maximum atomic E-state index is 10.9. The number of carbonyl (C=O) groups is 1. The molecule has 0 bridgehead atoms. The van der Waals surface area contributed by atoms with Gasteiger partial charge in [0.15, 0.2) is 5.76 Å². The van der Waals surface area contributed by atoms with Crippen LogP contribution in [0.25, 0.3) is 0 Å². The van der Waals surface area contributed by atoms with Gasteiger partial charge in [-0.2, -0.15) is 0 Å². The summed E-state index contributed by atoms with van der Waals surface area (Å²) in [7, 11) is 1.27. The number of rotatable bonds is 12. The van der Waals surface area contributed by atoms with Gasteiger partial charge in [0, 0.05) is 6.61 Å². The molecule has 6 nitrogen and oxygen atoms in total. The van der Waals surface area contributed by atoms with Gasteiger partial charge >= 0.3 is 5.97 Å². The van der Waals surface area contributed by atoms with Gasteiger partial charge in [-0.1, -0.05) is 0 Å². The third-order valence-electron chi connectivity index (χ3n) is 1.87. The molecule has 0 aromatic heterocycles. The molecule has 0 aliphatic carbocycles. The highest BCUT2D eigenvalue weighted by Gasteiger charge is 2.06. The zero-order valence-electron chi connectivity index (χ0n) is 11.1. The minimum Gasteiger partial charge on any atom is -0.485 e. The molecule has 0 aliphatic rings. The molecule has 0 aliphatic heterocycles. The second kappa shape index (κ2) is 12.3. The average Bonchev–Trinajstić information content (AvgIpc) is 2.39. The van der Waals surface area contributed by atoms with Crippen LogP contribution in [0.15, 0.2) is 12.3 Å². The van der Waals surface area contributed by atoms with Gasteiger partial charge in [-0.3, -0.25) is 0 Å². The second-order valence-electron chi connectivity index (χ2n) is 3.18. The van der Waals surface area contributed by atoms with E-state index < -0.39 is 5.97 Å². The quantitative estimate of drug-likeness (QED) is 0.224. The first kappa shape index (κ1) is 16.9.